The molecule has 2 radical (unpaired) electrons. The van der Waals surface area contributed by atoms with Crippen LogP contribution in [0.5, 0.6) is 0 Å². The van der Waals surface area contributed by atoms with Crippen molar-refractivity contribution in [1.29, 1.82) is 0 Å². The van der Waals surface area contributed by atoms with Crippen molar-refractivity contribution in [3.05, 3.63) is 73.5 Å². The van der Waals surface area contributed by atoms with Crippen LogP contribution in [-0.2, 0) is 0 Å². The maximum absolute atomic E-state index is 11.1. The van der Waals surface area contributed by atoms with Crippen LogP contribution in [0.15, 0.2) is 48.5 Å². The van der Waals surface area contributed by atoms with Gasteiger partial charge >= 0.3 is 0 Å². The molecule has 2 rings (SSSR count). The maximum Gasteiger partial charge on any atom is 0.163 e. The summed E-state index contributed by atoms with van der Waals surface area (Å²) in [6.07, 6.45) is 0. The summed E-state index contributed by atoms with van der Waals surface area (Å²) in [7, 11) is 0. The Labute approximate surface area is 106 Å². The first kappa shape index (κ1) is 12.2. The van der Waals surface area contributed by atoms with E-state index in [-0.39, 0.29) is 11.6 Å². The van der Waals surface area contributed by atoms with Crippen molar-refractivity contribution in [2.45, 2.75) is 0 Å². The maximum atomic E-state index is 11.1. The van der Waals surface area contributed by atoms with Crippen molar-refractivity contribution >= 4 is 11.6 Å². The van der Waals surface area contributed by atoms with Crippen LogP contribution < -0.4 is 0 Å². The van der Waals surface area contributed by atoms with Crippen LogP contribution in [0.1, 0.15) is 20.7 Å². The summed E-state index contributed by atoms with van der Waals surface area (Å²) in [5.41, 5.74) is 3.15. The van der Waals surface area contributed by atoms with Crippen molar-refractivity contribution in [3.8, 4) is 11.1 Å². The molecule has 0 heterocycles. The molecule has 0 spiro atoms. The van der Waals surface area contributed by atoms with Crippen LogP contribution in [0.25, 0.3) is 11.1 Å². The zero-order valence-corrected chi connectivity index (χ0v) is 9.85. The van der Waals surface area contributed by atoms with Crippen molar-refractivity contribution in [3.63, 3.8) is 0 Å². The van der Waals surface area contributed by atoms with Gasteiger partial charge in [0.25, 0.3) is 0 Å². The molecular formula is C16H12O2. The minimum absolute atomic E-state index is 0.195. The first-order chi connectivity index (χ1) is 8.58. The van der Waals surface area contributed by atoms with E-state index >= 15 is 0 Å². The summed E-state index contributed by atoms with van der Waals surface area (Å²) in [6, 6.07) is 14.4. The third-order valence-electron chi connectivity index (χ3n) is 2.75. The van der Waals surface area contributed by atoms with Crippen molar-refractivity contribution in [1.82, 2.24) is 0 Å². The Morgan fingerprint density at radius 3 is 1.11 bits per heavy atom. The Morgan fingerprint density at radius 1 is 0.611 bits per heavy atom. The smallest absolute Gasteiger partial charge is 0.163 e. The van der Waals surface area contributed by atoms with E-state index < -0.39 is 0 Å². The first-order valence-electron chi connectivity index (χ1n) is 5.51. The molecule has 0 N–H and O–H groups in total. The van der Waals surface area contributed by atoms with Gasteiger partial charge in [0.15, 0.2) is 11.6 Å². The molecule has 0 aliphatic carbocycles. The van der Waals surface area contributed by atoms with Crippen LogP contribution in [0, 0.1) is 13.8 Å². The molecular weight excluding hydrogens is 224 g/mol. The second-order valence-corrected chi connectivity index (χ2v) is 4.00. The van der Waals surface area contributed by atoms with E-state index in [1.54, 1.807) is 24.3 Å². The molecule has 0 saturated carbocycles. The van der Waals surface area contributed by atoms with Gasteiger partial charge in [-0.15, -0.1) is 0 Å². The van der Waals surface area contributed by atoms with E-state index in [1.807, 2.05) is 24.3 Å². The van der Waals surface area contributed by atoms with Crippen molar-refractivity contribution < 1.29 is 9.59 Å². The van der Waals surface area contributed by atoms with Gasteiger partial charge in [0, 0.05) is 25.0 Å². The Balaban J connectivity index is 2.31. The average Bonchev–Trinajstić information content (AvgIpc) is 2.39. The van der Waals surface area contributed by atoms with E-state index in [0.717, 1.165) is 11.1 Å². The Hall–Kier alpha value is -2.22. The molecule has 0 fully saturated rings. The fraction of sp³-hybridized carbons (Fsp3) is 0. The van der Waals surface area contributed by atoms with Gasteiger partial charge < -0.3 is 0 Å². The topological polar surface area (TPSA) is 34.1 Å². The van der Waals surface area contributed by atoms with Gasteiger partial charge in [-0.25, -0.2) is 0 Å². The molecule has 88 valence electrons. The van der Waals surface area contributed by atoms with Crippen LogP contribution >= 0.6 is 0 Å². The van der Waals surface area contributed by atoms with Gasteiger partial charge in [0.05, 0.1) is 0 Å². The van der Waals surface area contributed by atoms with Gasteiger partial charge in [0.1, 0.15) is 0 Å². The van der Waals surface area contributed by atoms with Crippen LogP contribution in [0.2, 0.25) is 0 Å². The predicted molar refractivity (Wildman–Crippen MR) is 71.3 cm³/mol. The quantitative estimate of drug-likeness (QED) is 0.765. The standard InChI is InChI=1S/C16H12O2/c1-11(17)13-3-7-15(8-4-13)16-9-5-14(6-10-16)12(2)18/h3-10H,1-2H2. The first-order valence-corrected chi connectivity index (χ1v) is 5.51. The summed E-state index contributed by atoms with van der Waals surface area (Å²) in [4.78, 5) is 22.1. The van der Waals surface area contributed by atoms with Crippen LogP contribution in [0.4, 0.5) is 0 Å². The highest BCUT2D eigenvalue weighted by atomic mass is 16.1. The summed E-state index contributed by atoms with van der Waals surface area (Å²) < 4.78 is 0. The minimum atomic E-state index is -0.195. The lowest BCUT2D eigenvalue weighted by Crippen LogP contribution is -1.92. The molecule has 0 aliphatic rings. The highest BCUT2D eigenvalue weighted by Crippen LogP contribution is 2.20. The summed E-state index contributed by atoms with van der Waals surface area (Å²) in [6.45, 7) is 6.72. The highest BCUT2D eigenvalue weighted by Gasteiger charge is 2.03. The lowest BCUT2D eigenvalue weighted by molar-refractivity contribution is 0.103. The van der Waals surface area contributed by atoms with Gasteiger partial charge in [-0.05, 0) is 11.1 Å². The highest BCUT2D eigenvalue weighted by molar-refractivity contribution is 6.00. The monoisotopic (exact) mass is 236 g/mol. The Morgan fingerprint density at radius 2 is 0.889 bits per heavy atom. The second kappa shape index (κ2) is 4.96. The van der Waals surface area contributed by atoms with E-state index in [2.05, 4.69) is 13.8 Å². The molecule has 0 aliphatic heterocycles. The second-order valence-electron chi connectivity index (χ2n) is 4.00. The zero-order valence-electron chi connectivity index (χ0n) is 9.85. The molecule has 2 nitrogen and oxygen atoms in total. The number of benzene rings is 2. The van der Waals surface area contributed by atoms with E-state index in [1.165, 1.54) is 0 Å². The fourth-order valence-corrected chi connectivity index (χ4v) is 1.70. The molecule has 2 aromatic carbocycles. The van der Waals surface area contributed by atoms with Gasteiger partial charge in [0.2, 0.25) is 0 Å². The van der Waals surface area contributed by atoms with Crippen LogP contribution in [0.3, 0.4) is 0 Å². The third-order valence-corrected chi connectivity index (χ3v) is 2.75. The molecule has 0 unspecified atom stereocenters. The Kier molecular flexibility index (Phi) is 3.38. The average molecular weight is 236 g/mol. The molecule has 2 heteroatoms. The lowest BCUT2D eigenvalue weighted by Gasteiger charge is -2.03. The SMILES string of the molecule is [CH2]C(=O)c1ccc(-c2ccc(C([CH2])=O)cc2)cc1. The normalized spacial score (nSPS) is 10.1. The van der Waals surface area contributed by atoms with E-state index in [9.17, 15) is 9.59 Å². The molecule has 0 atom stereocenters. The van der Waals surface area contributed by atoms with E-state index in [0.29, 0.717) is 11.1 Å². The predicted octanol–water partition coefficient (Wildman–Crippen LogP) is 3.39. The molecule has 0 aromatic heterocycles. The lowest BCUT2D eigenvalue weighted by atomic mass is 10.0. The molecule has 2 aromatic rings. The number of Topliss-reactive ketones (excluding diaryl/α,β-unsaturated/α-hetero) is 2. The number of carbonyl (C=O) groups excluding carboxylic acids is 2. The summed E-state index contributed by atoms with van der Waals surface area (Å²) in [5.74, 6) is -0.390. The van der Waals surface area contributed by atoms with Crippen molar-refractivity contribution in [2.24, 2.45) is 0 Å². The van der Waals surface area contributed by atoms with E-state index in [4.69, 9.17) is 0 Å². The summed E-state index contributed by atoms with van der Waals surface area (Å²) >= 11 is 0. The van der Waals surface area contributed by atoms with Crippen LogP contribution in [-0.4, -0.2) is 11.6 Å². The number of ketones is 2. The fourth-order valence-electron chi connectivity index (χ4n) is 1.70. The zero-order chi connectivity index (χ0) is 13.1. The summed E-state index contributed by atoms with van der Waals surface area (Å²) in [5, 5.41) is 0. The van der Waals surface area contributed by atoms with Gasteiger partial charge in [-0.3, -0.25) is 9.59 Å². The minimum Gasteiger partial charge on any atom is -0.294 e. The molecule has 0 amide bonds. The molecule has 18 heavy (non-hydrogen) atoms. The van der Waals surface area contributed by atoms with Crippen molar-refractivity contribution in [2.75, 3.05) is 0 Å². The Bertz CT molecular complexity index is 522. The number of hydrogen-bond donors (Lipinski definition) is 0. The largest absolute Gasteiger partial charge is 0.294 e. The molecule has 0 bridgehead atoms. The number of hydrogen-bond acceptors (Lipinski definition) is 2. The number of rotatable bonds is 3. The van der Waals surface area contributed by atoms with Gasteiger partial charge in [-0.2, -0.15) is 0 Å². The number of carbonyl (C=O) groups is 2. The van der Waals surface area contributed by atoms with Gasteiger partial charge in [-0.1, -0.05) is 48.5 Å². The molecule has 0 saturated heterocycles. The third kappa shape index (κ3) is 2.54.